The Morgan fingerprint density at radius 1 is 1.44 bits per heavy atom. The monoisotopic (exact) mass is 263 g/mol. The summed E-state index contributed by atoms with van der Waals surface area (Å²) in [6.07, 6.45) is 0. The number of thiophene rings is 1. The SMILES string of the molecule is Cc1cc(C(=O)COCc2cccs2)c(C)n1C. The Morgan fingerprint density at radius 3 is 2.78 bits per heavy atom. The van der Waals surface area contributed by atoms with Crippen LogP contribution in [0.15, 0.2) is 23.6 Å². The molecule has 0 aliphatic heterocycles. The summed E-state index contributed by atoms with van der Waals surface area (Å²) in [7, 11) is 1.97. The van der Waals surface area contributed by atoms with Gasteiger partial charge in [-0.2, -0.15) is 0 Å². The molecule has 0 aromatic carbocycles. The van der Waals surface area contributed by atoms with E-state index in [1.165, 1.54) is 0 Å². The van der Waals surface area contributed by atoms with E-state index >= 15 is 0 Å². The molecule has 0 atom stereocenters. The predicted molar refractivity (Wildman–Crippen MR) is 73.2 cm³/mol. The first-order valence-corrected chi connectivity index (χ1v) is 6.74. The Labute approximate surface area is 111 Å². The lowest BCUT2D eigenvalue weighted by molar-refractivity contribution is 0.0731. The summed E-state index contributed by atoms with van der Waals surface area (Å²) in [6.45, 7) is 4.60. The second-order valence-corrected chi connectivity index (χ2v) is 5.37. The lowest BCUT2D eigenvalue weighted by Crippen LogP contribution is -2.10. The van der Waals surface area contributed by atoms with Crippen molar-refractivity contribution >= 4 is 17.1 Å². The summed E-state index contributed by atoms with van der Waals surface area (Å²) in [5.74, 6) is 0.0488. The van der Waals surface area contributed by atoms with Gasteiger partial charge in [-0.05, 0) is 31.4 Å². The number of hydrogen-bond acceptors (Lipinski definition) is 3. The summed E-state index contributed by atoms with van der Waals surface area (Å²) >= 11 is 1.64. The first kappa shape index (κ1) is 13.1. The molecule has 0 saturated carbocycles. The van der Waals surface area contributed by atoms with E-state index in [1.807, 2.05) is 49.0 Å². The lowest BCUT2D eigenvalue weighted by atomic mass is 10.1. The van der Waals surface area contributed by atoms with Crippen molar-refractivity contribution in [1.29, 1.82) is 0 Å². The molecule has 3 nitrogen and oxygen atoms in total. The molecule has 2 heterocycles. The zero-order chi connectivity index (χ0) is 13.1. The number of carbonyl (C=O) groups excluding carboxylic acids is 1. The minimum Gasteiger partial charge on any atom is -0.368 e. The maximum Gasteiger partial charge on any atom is 0.190 e. The third kappa shape index (κ3) is 2.71. The zero-order valence-corrected chi connectivity index (χ0v) is 11.7. The second kappa shape index (κ2) is 5.50. The van der Waals surface area contributed by atoms with E-state index in [0.717, 1.165) is 21.8 Å². The van der Waals surface area contributed by atoms with Crippen LogP contribution in [0, 0.1) is 13.8 Å². The van der Waals surface area contributed by atoms with E-state index in [1.54, 1.807) is 11.3 Å². The number of aromatic nitrogens is 1. The van der Waals surface area contributed by atoms with Gasteiger partial charge in [-0.3, -0.25) is 4.79 Å². The van der Waals surface area contributed by atoms with Gasteiger partial charge in [-0.1, -0.05) is 6.07 Å². The first-order valence-electron chi connectivity index (χ1n) is 5.86. The molecule has 2 rings (SSSR count). The fourth-order valence-electron chi connectivity index (χ4n) is 1.85. The van der Waals surface area contributed by atoms with Crippen molar-refractivity contribution in [3.63, 3.8) is 0 Å². The van der Waals surface area contributed by atoms with Gasteiger partial charge in [0.2, 0.25) is 0 Å². The fraction of sp³-hybridized carbons (Fsp3) is 0.357. The molecule has 0 radical (unpaired) electrons. The molecule has 0 saturated heterocycles. The van der Waals surface area contributed by atoms with Crippen molar-refractivity contribution in [1.82, 2.24) is 4.57 Å². The molecule has 0 unspecified atom stereocenters. The number of carbonyl (C=O) groups is 1. The van der Waals surface area contributed by atoms with Crippen LogP contribution < -0.4 is 0 Å². The normalized spacial score (nSPS) is 10.8. The van der Waals surface area contributed by atoms with Gasteiger partial charge in [0.1, 0.15) is 6.61 Å². The smallest absolute Gasteiger partial charge is 0.190 e. The predicted octanol–water partition coefficient (Wildman–Crippen LogP) is 3.10. The minimum absolute atomic E-state index is 0.0488. The van der Waals surface area contributed by atoms with Crippen LogP contribution in [0.25, 0.3) is 0 Å². The van der Waals surface area contributed by atoms with Crippen LogP contribution in [0.5, 0.6) is 0 Å². The zero-order valence-electron chi connectivity index (χ0n) is 10.9. The summed E-state index contributed by atoms with van der Waals surface area (Å²) in [5.41, 5.74) is 2.85. The van der Waals surface area contributed by atoms with Crippen LogP contribution in [-0.2, 0) is 18.4 Å². The molecule has 0 N–H and O–H groups in total. The molecule has 0 aliphatic rings. The van der Waals surface area contributed by atoms with E-state index in [4.69, 9.17) is 4.74 Å². The quantitative estimate of drug-likeness (QED) is 0.776. The summed E-state index contributed by atoms with van der Waals surface area (Å²) in [4.78, 5) is 13.2. The molecule has 4 heteroatoms. The van der Waals surface area contributed by atoms with Crippen LogP contribution in [0.4, 0.5) is 0 Å². The van der Waals surface area contributed by atoms with E-state index in [2.05, 4.69) is 0 Å². The number of rotatable bonds is 5. The van der Waals surface area contributed by atoms with E-state index in [-0.39, 0.29) is 12.4 Å². The van der Waals surface area contributed by atoms with Gasteiger partial charge in [0.05, 0.1) is 6.61 Å². The van der Waals surface area contributed by atoms with Crippen LogP contribution in [0.1, 0.15) is 26.6 Å². The van der Waals surface area contributed by atoms with E-state index in [9.17, 15) is 4.79 Å². The first-order chi connectivity index (χ1) is 8.59. The number of ether oxygens (including phenoxy) is 1. The molecule has 0 amide bonds. The summed E-state index contributed by atoms with van der Waals surface area (Å²) < 4.78 is 7.47. The highest BCUT2D eigenvalue weighted by Crippen LogP contribution is 2.15. The number of aryl methyl sites for hydroxylation is 1. The average Bonchev–Trinajstić information content (AvgIpc) is 2.94. The molecule has 0 aliphatic carbocycles. The Balaban J connectivity index is 1.93. The molecule has 18 heavy (non-hydrogen) atoms. The van der Waals surface area contributed by atoms with Gasteiger partial charge >= 0.3 is 0 Å². The number of ketones is 1. The highest BCUT2D eigenvalue weighted by Gasteiger charge is 2.13. The molecule has 0 fully saturated rings. The number of nitrogens with zero attached hydrogens (tertiary/aromatic N) is 1. The minimum atomic E-state index is 0.0488. The van der Waals surface area contributed by atoms with Gasteiger partial charge in [0.25, 0.3) is 0 Å². The Hall–Kier alpha value is -1.39. The summed E-state index contributed by atoms with van der Waals surface area (Å²) in [6, 6.07) is 5.91. The third-order valence-corrected chi connectivity index (χ3v) is 3.98. The fourth-order valence-corrected chi connectivity index (χ4v) is 2.49. The molecule has 96 valence electrons. The van der Waals surface area contributed by atoms with Gasteiger partial charge in [0, 0.05) is 28.9 Å². The Bertz CT molecular complexity index is 540. The van der Waals surface area contributed by atoms with Crippen molar-refractivity contribution in [2.45, 2.75) is 20.5 Å². The van der Waals surface area contributed by atoms with Gasteiger partial charge in [-0.25, -0.2) is 0 Å². The Kier molecular flexibility index (Phi) is 3.99. The highest BCUT2D eigenvalue weighted by molar-refractivity contribution is 7.09. The van der Waals surface area contributed by atoms with E-state index < -0.39 is 0 Å². The average molecular weight is 263 g/mol. The number of hydrogen-bond donors (Lipinski definition) is 0. The molecule has 2 aromatic heterocycles. The lowest BCUT2D eigenvalue weighted by Gasteiger charge is -2.03. The third-order valence-electron chi connectivity index (χ3n) is 3.13. The molecule has 0 spiro atoms. The molecule has 0 bridgehead atoms. The summed E-state index contributed by atoms with van der Waals surface area (Å²) in [5, 5.41) is 2.01. The molecular formula is C14H17NO2S. The van der Waals surface area contributed by atoms with Crippen molar-refractivity contribution in [2.24, 2.45) is 7.05 Å². The van der Waals surface area contributed by atoms with Crippen LogP contribution in [0.2, 0.25) is 0 Å². The maximum absolute atomic E-state index is 12.0. The van der Waals surface area contributed by atoms with Crippen molar-refractivity contribution in [2.75, 3.05) is 6.61 Å². The second-order valence-electron chi connectivity index (χ2n) is 4.34. The van der Waals surface area contributed by atoms with Gasteiger partial charge in [-0.15, -0.1) is 11.3 Å². The standard InChI is InChI=1S/C14H17NO2S/c1-10-7-13(11(2)15(10)3)14(16)9-17-8-12-5-4-6-18-12/h4-7H,8-9H2,1-3H3. The topological polar surface area (TPSA) is 31.2 Å². The maximum atomic E-state index is 12.0. The van der Waals surface area contributed by atoms with Crippen LogP contribution >= 0.6 is 11.3 Å². The van der Waals surface area contributed by atoms with Crippen molar-refractivity contribution in [3.8, 4) is 0 Å². The largest absolute Gasteiger partial charge is 0.368 e. The van der Waals surface area contributed by atoms with Crippen LogP contribution in [-0.4, -0.2) is 17.0 Å². The van der Waals surface area contributed by atoms with Crippen molar-refractivity contribution < 1.29 is 9.53 Å². The van der Waals surface area contributed by atoms with E-state index in [0.29, 0.717) is 6.61 Å². The highest BCUT2D eigenvalue weighted by atomic mass is 32.1. The number of Topliss-reactive ketones (excluding diaryl/α,β-unsaturated/α-hetero) is 1. The van der Waals surface area contributed by atoms with Gasteiger partial charge < -0.3 is 9.30 Å². The molecule has 2 aromatic rings. The van der Waals surface area contributed by atoms with Crippen LogP contribution in [0.3, 0.4) is 0 Å². The van der Waals surface area contributed by atoms with Gasteiger partial charge in [0.15, 0.2) is 5.78 Å². The molecular weight excluding hydrogens is 246 g/mol. The Morgan fingerprint density at radius 2 is 2.22 bits per heavy atom. The van der Waals surface area contributed by atoms with Crippen molar-refractivity contribution in [3.05, 3.63) is 45.4 Å².